The molecule has 0 spiro atoms. The number of carbonyl (C=O) groups is 1. The van der Waals surface area contributed by atoms with Crippen LogP contribution < -0.4 is 0 Å². The predicted octanol–water partition coefficient (Wildman–Crippen LogP) is 3.86. The first-order valence-electron chi connectivity index (χ1n) is 6.50. The fourth-order valence-corrected chi connectivity index (χ4v) is 5.61. The number of hydrogen-bond donors (Lipinski definition) is 1. The quantitative estimate of drug-likeness (QED) is 0.231. The molecule has 1 aromatic carbocycles. The van der Waals surface area contributed by atoms with Crippen LogP contribution in [0.4, 0.5) is 0 Å². The van der Waals surface area contributed by atoms with Crippen molar-refractivity contribution in [2.75, 3.05) is 0 Å². The molecule has 22 heavy (non-hydrogen) atoms. The second kappa shape index (κ2) is 7.78. The molecular formula is C13H13I3O5S. The number of benzene rings is 1. The van der Waals surface area contributed by atoms with Gasteiger partial charge in [-0.1, -0.05) is 0 Å². The van der Waals surface area contributed by atoms with Gasteiger partial charge in [-0.3, -0.25) is 4.55 Å². The summed E-state index contributed by atoms with van der Waals surface area (Å²) in [5.74, 6) is -0.379. The van der Waals surface area contributed by atoms with Crippen LogP contribution in [-0.2, 0) is 14.9 Å². The third-order valence-electron chi connectivity index (χ3n) is 3.53. The lowest BCUT2D eigenvalue weighted by Gasteiger charge is -2.26. The topological polar surface area (TPSA) is 80.7 Å². The Morgan fingerprint density at radius 2 is 1.73 bits per heavy atom. The second-order valence-corrected chi connectivity index (χ2v) is 10.3. The van der Waals surface area contributed by atoms with Gasteiger partial charge in [-0.15, -0.1) is 0 Å². The number of ether oxygens (including phenoxy) is 1. The van der Waals surface area contributed by atoms with Crippen LogP contribution in [0.3, 0.4) is 0 Å². The van der Waals surface area contributed by atoms with Gasteiger partial charge in [-0.05, 0) is 106 Å². The van der Waals surface area contributed by atoms with Crippen molar-refractivity contribution in [1.29, 1.82) is 0 Å². The van der Waals surface area contributed by atoms with E-state index in [2.05, 4.69) is 67.8 Å². The molecule has 0 radical (unpaired) electrons. The van der Waals surface area contributed by atoms with Crippen molar-refractivity contribution in [1.82, 2.24) is 0 Å². The summed E-state index contributed by atoms with van der Waals surface area (Å²) in [5, 5.41) is -0.735. The summed E-state index contributed by atoms with van der Waals surface area (Å²) in [6.45, 7) is 0. The fourth-order valence-electron chi connectivity index (χ4n) is 2.37. The maximum absolute atomic E-state index is 12.3. The molecule has 0 unspecified atom stereocenters. The van der Waals surface area contributed by atoms with Gasteiger partial charge in [-0.2, -0.15) is 8.42 Å². The van der Waals surface area contributed by atoms with Gasteiger partial charge in [0.1, 0.15) is 6.10 Å². The predicted molar refractivity (Wildman–Crippen MR) is 108 cm³/mol. The Morgan fingerprint density at radius 1 is 1.14 bits per heavy atom. The molecule has 1 saturated carbocycles. The lowest BCUT2D eigenvalue weighted by Crippen LogP contribution is -2.31. The zero-order valence-corrected chi connectivity index (χ0v) is 18.5. The molecule has 1 fully saturated rings. The van der Waals surface area contributed by atoms with Crippen molar-refractivity contribution in [3.05, 3.63) is 28.4 Å². The Labute approximate surface area is 170 Å². The van der Waals surface area contributed by atoms with E-state index in [0.717, 1.165) is 10.7 Å². The molecule has 1 aliphatic carbocycles. The molecule has 2 rings (SSSR count). The molecule has 0 saturated heterocycles. The average molecular weight is 662 g/mol. The summed E-state index contributed by atoms with van der Waals surface area (Å²) in [5.41, 5.74) is 0.536. The van der Waals surface area contributed by atoms with Gasteiger partial charge >= 0.3 is 5.97 Å². The van der Waals surface area contributed by atoms with Crippen molar-refractivity contribution in [3.8, 4) is 0 Å². The molecule has 1 aromatic rings. The molecular weight excluding hydrogens is 649 g/mol. The summed E-state index contributed by atoms with van der Waals surface area (Å²) < 4.78 is 39.6. The summed E-state index contributed by atoms with van der Waals surface area (Å²) in [6, 6.07) is 3.77. The lowest BCUT2D eigenvalue weighted by atomic mass is 9.97. The molecule has 0 aromatic heterocycles. The third kappa shape index (κ3) is 4.89. The fraction of sp³-hybridized carbons (Fsp3) is 0.462. The molecule has 0 heterocycles. The van der Waals surface area contributed by atoms with E-state index in [1.807, 2.05) is 6.07 Å². The number of esters is 1. The first-order valence-corrected chi connectivity index (χ1v) is 11.2. The van der Waals surface area contributed by atoms with Crippen LogP contribution in [0.1, 0.15) is 36.0 Å². The van der Waals surface area contributed by atoms with Crippen molar-refractivity contribution in [2.24, 2.45) is 0 Å². The second-order valence-electron chi connectivity index (χ2n) is 5.07. The molecule has 0 amide bonds. The van der Waals surface area contributed by atoms with Crippen molar-refractivity contribution in [2.45, 2.75) is 37.0 Å². The van der Waals surface area contributed by atoms with Gasteiger partial charge < -0.3 is 4.74 Å². The van der Waals surface area contributed by atoms with Crippen LogP contribution >= 0.6 is 67.8 Å². The first kappa shape index (κ1) is 19.1. The third-order valence-corrected chi connectivity index (χ3v) is 8.51. The van der Waals surface area contributed by atoms with Gasteiger partial charge in [0.15, 0.2) is 0 Å². The Morgan fingerprint density at radius 3 is 2.27 bits per heavy atom. The van der Waals surface area contributed by atoms with Crippen molar-refractivity contribution < 1.29 is 22.5 Å². The standard InChI is InChI=1S/C13H13I3O5S/c14-7-5-10(12(16)11(15)6-7)13(17)21-8-1-3-9(4-2-8)22(18,19)20/h5-6,8-9H,1-4H2,(H,18,19,20). The van der Waals surface area contributed by atoms with Crippen LogP contribution in [0.15, 0.2) is 12.1 Å². The zero-order chi connectivity index (χ0) is 16.5. The number of carbonyl (C=O) groups excluding carboxylic acids is 1. The minimum absolute atomic E-state index is 0.295. The maximum atomic E-state index is 12.3. The van der Waals surface area contributed by atoms with Crippen LogP contribution in [0.2, 0.25) is 0 Å². The Kier molecular flexibility index (Phi) is 6.76. The van der Waals surface area contributed by atoms with E-state index in [1.165, 1.54) is 0 Å². The van der Waals surface area contributed by atoms with Gasteiger partial charge in [-0.25, -0.2) is 4.79 Å². The normalized spacial score (nSPS) is 22.4. The van der Waals surface area contributed by atoms with Crippen LogP contribution in [0.25, 0.3) is 0 Å². The molecule has 0 bridgehead atoms. The van der Waals surface area contributed by atoms with Gasteiger partial charge in [0.2, 0.25) is 0 Å². The monoisotopic (exact) mass is 662 g/mol. The van der Waals surface area contributed by atoms with E-state index >= 15 is 0 Å². The maximum Gasteiger partial charge on any atom is 0.339 e. The summed E-state index contributed by atoms with van der Waals surface area (Å²) in [7, 11) is -3.99. The summed E-state index contributed by atoms with van der Waals surface area (Å²) >= 11 is 6.45. The lowest BCUT2D eigenvalue weighted by molar-refractivity contribution is 0.0211. The Bertz CT molecular complexity index is 681. The zero-order valence-electron chi connectivity index (χ0n) is 11.3. The highest BCUT2D eigenvalue weighted by molar-refractivity contribution is 14.1. The van der Waals surface area contributed by atoms with E-state index in [1.54, 1.807) is 6.07 Å². The average Bonchev–Trinajstić information content (AvgIpc) is 2.42. The van der Waals surface area contributed by atoms with E-state index in [9.17, 15) is 13.2 Å². The number of halogens is 3. The highest BCUT2D eigenvalue weighted by Gasteiger charge is 2.31. The van der Waals surface area contributed by atoms with E-state index in [-0.39, 0.29) is 12.1 Å². The van der Waals surface area contributed by atoms with Crippen LogP contribution in [0, 0.1) is 10.7 Å². The van der Waals surface area contributed by atoms with Crippen LogP contribution in [-0.4, -0.2) is 30.3 Å². The summed E-state index contributed by atoms with van der Waals surface area (Å²) in [6.07, 6.45) is 1.24. The van der Waals surface area contributed by atoms with Gasteiger partial charge in [0.05, 0.1) is 10.8 Å². The number of hydrogen-bond acceptors (Lipinski definition) is 4. The van der Waals surface area contributed by atoms with Gasteiger partial charge in [0.25, 0.3) is 10.1 Å². The van der Waals surface area contributed by atoms with Crippen LogP contribution in [0.5, 0.6) is 0 Å². The molecule has 1 aliphatic rings. The summed E-state index contributed by atoms with van der Waals surface area (Å²) in [4.78, 5) is 12.3. The minimum Gasteiger partial charge on any atom is -0.459 e. The number of rotatable bonds is 3. The van der Waals surface area contributed by atoms with Crippen molar-refractivity contribution >= 4 is 83.9 Å². The molecule has 9 heteroatoms. The molecule has 0 atom stereocenters. The van der Waals surface area contributed by atoms with E-state index in [0.29, 0.717) is 31.2 Å². The van der Waals surface area contributed by atoms with E-state index < -0.39 is 15.4 Å². The Balaban J connectivity index is 2.03. The first-order chi connectivity index (χ1) is 10.2. The molecule has 5 nitrogen and oxygen atoms in total. The van der Waals surface area contributed by atoms with E-state index in [4.69, 9.17) is 9.29 Å². The van der Waals surface area contributed by atoms with Crippen molar-refractivity contribution in [3.63, 3.8) is 0 Å². The SMILES string of the molecule is O=C(OC1CCC(S(=O)(=O)O)CC1)c1cc(I)cc(I)c1I. The highest BCUT2D eigenvalue weighted by atomic mass is 127. The Hall–Kier alpha value is 0.790. The molecule has 0 aliphatic heterocycles. The minimum atomic E-state index is -3.99. The molecule has 1 N–H and O–H groups in total. The molecule has 122 valence electrons. The largest absolute Gasteiger partial charge is 0.459 e. The smallest absolute Gasteiger partial charge is 0.339 e. The highest BCUT2D eigenvalue weighted by Crippen LogP contribution is 2.28. The van der Waals surface area contributed by atoms with Gasteiger partial charge in [0, 0.05) is 10.7 Å².